The molecule has 0 aromatic carbocycles. The van der Waals surface area contributed by atoms with Crippen LogP contribution in [0.4, 0.5) is 0 Å². The summed E-state index contributed by atoms with van der Waals surface area (Å²) >= 11 is 0. The van der Waals surface area contributed by atoms with E-state index < -0.39 is 21.5 Å². The maximum Gasteiger partial charge on any atom is 0.340 e. The SMILES string of the molecule is [C-]#[N+]CC1(n2cc(-c3c(C(=O)OCC)cnc4[nH]ccc34)cn2)CN(S(=O)(=O)CC)C1. The average Bonchev–Trinajstić information content (AvgIpc) is 3.39. The molecule has 0 aliphatic carbocycles. The molecule has 10 nitrogen and oxygen atoms in total. The second kappa shape index (κ2) is 7.79. The van der Waals surface area contributed by atoms with Gasteiger partial charge in [0, 0.05) is 48.2 Å². The zero-order chi connectivity index (χ0) is 22.2. The number of aromatic amines is 1. The van der Waals surface area contributed by atoms with Crippen molar-refractivity contribution in [3.8, 4) is 11.1 Å². The number of esters is 1. The molecule has 1 aliphatic rings. The number of fused-ring (bicyclic) bond motifs is 1. The van der Waals surface area contributed by atoms with Gasteiger partial charge in [-0.05, 0) is 19.9 Å². The van der Waals surface area contributed by atoms with Crippen LogP contribution in [0.3, 0.4) is 0 Å². The summed E-state index contributed by atoms with van der Waals surface area (Å²) in [5, 5.41) is 5.20. The van der Waals surface area contributed by atoms with E-state index in [4.69, 9.17) is 11.3 Å². The number of carbonyl (C=O) groups excluding carboxylic acids is 1. The van der Waals surface area contributed by atoms with Crippen LogP contribution in [0, 0.1) is 6.57 Å². The molecule has 11 heteroatoms. The number of H-pyrrole nitrogens is 1. The standard InChI is InChI=1S/C20H22N6O4S/c1-4-30-19(27)16-9-23-18-15(6-7-22-18)17(16)14-8-24-26(10-14)20(11-21-3)12-25(13-20)31(28,29)5-2/h6-10H,4-5,11-13H2,1-2H3,(H,22,23). The van der Waals surface area contributed by atoms with Gasteiger partial charge in [0.05, 0.1) is 24.1 Å². The topological polar surface area (TPSA) is 115 Å². The van der Waals surface area contributed by atoms with Gasteiger partial charge in [0.15, 0.2) is 5.54 Å². The lowest BCUT2D eigenvalue weighted by molar-refractivity contribution is 0.0527. The summed E-state index contributed by atoms with van der Waals surface area (Å²) in [6.07, 6.45) is 6.58. The molecule has 0 unspecified atom stereocenters. The van der Waals surface area contributed by atoms with Crippen molar-refractivity contribution in [2.24, 2.45) is 0 Å². The Balaban J connectivity index is 1.76. The number of ether oxygens (including phenoxy) is 1. The monoisotopic (exact) mass is 442 g/mol. The Morgan fingerprint density at radius 1 is 1.35 bits per heavy atom. The summed E-state index contributed by atoms with van der Waals surface area (Å²) < 4.78 is 32.6. The second-order valence-electron chi connectivity index (χ2n) is 7.39. The number of hydrogen-bond donors (Lipinski definition) is 1. The number of rotatable bonds is 7. The minimum absolute atomic E-state index is 0.0108. The molecule has 0 radical (unpaired) electrons. The van der Waals surface area contributed by atoms with Crippen molar-refractivity contribution in [1.29, 1.82) is 0 Å². The van der Waals surface area contributed by atoms with Gasteiger partial charge in [0.2, 0.25) is 16.6 Å². The molecular formula is C20H22N6O4S. The fourth-order valence-corrected chi connectivity index (χ4v) is 5.09. The number of pyridine rings is 1. The Labute approximate surface area is 179 Å². The van der Waals surface area contributed by atoms with Gasteiger partial charge in [-0.2, -0.15) is 9.40 Å². The molecule has 0 amide bonds. The maximum absolute atomic E-state index is 12.6. The van der Waals surface area contributed by atoms with Gasteiger partial charge in [-0.3, -0.25) is 4.68 Å². The smallest absolute Gasteiger partial charge is 0.340 e. The van der Waals surface area contributed by atoms with Crippen LogP contribution in [0.5, 0.6) is 0 Å². The highest BCUT2D eigenvalue weighted by molar-refractivity contribution is 7.89. The summed E-state index contributed by atoms with van der Waals surface area (Å²) in [4.78, 5) is 23.4. The number of nitrogens with one attached hydrogen (secondary N) is 1. The van der Waals surface area contributed by atoms with Crippen LogP contribution in [-0.4, -0.2) is 70.4 Å². The molecule has 1 fully saturated rings. The molecule has 0 bridgehead atoms. The van der Waals surface area contributed by atoms with Crippen LogP contribution in [-0.2, 0) is 20.3 Å². The highest BCUT2D eigenvalue weighted by Crippen LogP contribution is 2.36. The summed E-state index contributed by atoms with van der Waals surface area (Å²) in [5.74, 6) is -0.475. The Bertz CT molecular complexity index is 1280. The summed E-state index contributed by atoms with van der Waals surface area (Å²) in [6, 6.07) is 1.82. The maximum atomic E-state index is 12.6. The zero-order valence-corrected chi connectivity index (χ0v) is 18.0. The lowest BCUT2D eigenvalue weighted by Crippen LogP contribution is -2.65. The van der Waals surface area contributed by atoms with Crippen molar-refractivity contribution in [2.45, 2.75) is 19.4 Å². The quantitative estimate of drug-likeness (QED) is 0.441. The highest BCUT2D eigenvalue weighted by atomic mass is 32.2. The number of sulfonamides is 1. The minimum atomic E-state index is -3.33. The van der Waals surface area contributed by atoms with Gasteiger partial charge in [-0.25, -0.2) is 24.8 Å². The second-order valence-corrected chi connectivity index (χ2v) is 9.65. The van der Waals surface area contributed by atoms with Gasteiger partial charge >= 0.3 is 5.97 Å². The third-order valence-electron chi connectivity index (χ3n) is 5.51. The summed E-state index contributed by atoms with van der Waals surface area (Å²) in [6.45, 7) is 11.4. The average molecular weight is 443 g/mol. The molecule has 162 valence electrons. The molecule has 0 atom stereocenters. The first kappa shape index (κ1) is 21.0. The first-order valence-corrected chi connectivity index (χ1v) is 11.5. The van der Waals surface area contributed by atoms with E-state index in [-0.39, 0.29) is 32.0 Å². The fraction of sp³-hybridized carbons (Fsp3) is 0.400. The van der Waals surface area contributed by atoms with E-state index in [0.717, 1.165) is 5.39 Å². The van der Waals surface area contributed by atoms with Crippen molar-refractivity contribution in [3.63, 3.8) is 0 Å². The summed E-state index contributed by atoms with van der Waals surface area (Å²) in [7, 11) is -3.33. The third kappa shape index (κ3) is 3.47. The van der Waals surface area contributed by atoms with Crippen LogP contribution in [0.15, 0.2) is 30.9 Å². The van der Waals surface area contributed by atoms with E-state index in [2.05, 4.69) is 19.9 Å². The molecule has 0 spiro atoms. The van der Waals surface area contributed by atoms with E-state index in [1.54, 1.807) is 37.1 Å². The minimum Gasteiger partial charge on any atom is -0.462 e. The fourth-order valence-electron chi connectivity index (χ4n) is 3.85. The van der Waals surface area contributed by atoms with Gasteiger partial charge in [-0.15, -0.1) is 0 Å². The molecule has 31 heavy (non-hydrogen) atoms. The van der Waals surface area contributed by atoms with Gasteiger partial charge in [0.1, 0.15) is 5.65 Å². The van der Waals surface area contributed by atoms with E-state index in [9.17, 15) is 13.2 Å². The molecule has 1 aliphatic heterocycles. The normalized spacial score (nSPS) is 16.0. The van der Waals surface area contributed by atoms with Crippen molar-refractivity contribution in [3.05, 3.63) is 47.8 Å². The van der Waals surface area contributed by atoms with E-state index in [1.807, 2.05) is 6.07 Å². The first-order valence-electron chi connectivity index (χ1n) is 9.85. The van der Waals surface area contributed by atoms with E-state index in [1.165, 1.54) is 10.5 Å². The molecule has 3 aromatic rings. The van der Waals surface area contributed by atoms with Crippen molar-refractivity contribution in [1.82, 2.24) is 24.1 Å². The Morgan fingerprint density at radius 2 is 2.13 bits per heavy atom. The van der Waals surface area contributed by atoms with E-state index >= 15 is 0 Å². The number of aromatic nitrogens is 4. The van der Waals surface area contributed by atoms with Gasteiger partial charge in [-0.1, -0.05) is 0 Å². The molecule has 0 saturated carbocycles. The molecule has 3 aromatic heterocycles. The lowest BCUT2D eigenvalue weighted by atomic mass is 9.92. The lowest BCUT2D eigenvalue weighted by Gasteiger charge is -2.45. The van der Waals surface area contributed by atoms with Crippen LogP contribution in [0.25, 0.3) is 27.0 Å². The molecule has 1 N–H and O–H groups in total. The van der Waals surface area contributed by atoms with Crippen molar-refractivity contribution < 1.29 is 17.9 Å². The first-order chi connectivity index (χ1) is 14.8. The molecule has 4 heterocycles. The van der Waals surface area contributed by atoms with Crippen LogP contribution in [0.2, 0.25) is 0 Å². The number of nitrogens with zero attached hydrogens (tertiary/aromatic N) is 5. The number of hydrogen-bond acceptors (Lipinski definition) is 6. The predicted molar refractivity (Wildman–Crippen MR) is 114 cm³/mol. The van der Waals surface area contributed by atoms with Gasteiger partial charge in [0.25, 0.3) is 0 Å². The van der Waals surface area contributed by atoms with Gasteiger partial charge < -0.3 is 14.6 Å². The largest absolute Gasteiger partial charge is 0.462 e. The van der Waals surface area contributed by atoms with Crippen molar-refractivity contribution >= 4 is 27.0 Å². The van der Waals surface area contributed by atoms with Crippen molar-refractivity contribution in [2.75, 3.05) is 32.0 Å². The Hall–Kier alpha value is -3.23. The molecular weight excluding hydrogens is 420 g/mol. The third-order valence-corrected chi connectivity index (χ3v) is 7.29. The Kier molecular flexibility index (Phi) is 5.28. The number of carbonyl (C=O) groups is 1. The van der Waals surface area contributed by atoms with E-state index in [0.29, 0.717) is 22.3 Å². The summed E-state index contributed by atoms with van der Waals surface area (Å²) in [5.41, 5.74) is 1.49. The predicted octanol–water partition coefficient (Wildman–Crippen LogP) is 1.88. The molecule has 4 rings (SSSR count). The van der Waals surface area contributed by atoms with Crippen LogP contribution >= 0.6 is 0 Å². The Morgan fingerprint density at radius 3 is 2.81 bits per heavy atom. The van der Waals surface area contributed by atoms with Crippen LogP contribution < -0.4 is 0 Å². The zero-order valence-electron chi connectivity index (χ0n) is 17.2. The highest BCUT2D eigenvalue weighted by Gasteiger charge is 2.52. The molecule has 1 saturated heterocycles. The van der Waals surface area contributed by atoms with Crippen LogP contribution in [0.1, 0.15) is 24.2 Å².